The van der Waals surface area contributed by atoms with E-state index in [1.165, 1.54) is 0 Å². The average molecular weight is 274 g/mol. The molecule has 0 aromatic heterocycles. The molecule has 2 aromatic carbocycles. The van der Waals surface area contributed by atoms with Gasteiger partial charge in [-0.05, 0) is 50.1 Å². The molecule has 0 saturated carbocycles. The first kappa shape index (κ1) is 13.6. The van der Waals surface area contributed by atoms with Crippen LogP contribution in [0.3, 0.4) is 0 Å². The summed E-state index contributed by atoms with van der Waals surface area (Å²) in [5, 5.41) is 0.534. The summed E-state index contributed by atoms with van der Waals surface area (Å²) in [6.07, 6.45) is 0. The number of benzene rings is 2. The van der Waals surface area contributed by atoms with Crippen LogP contribution in [-0.2, 0) is 0 Å². The van der Waals surface area contributed by atoms with Crippen LogP contribution in [0, 0.1) is 20.8 Å². The second kappa shape index (κ2) is 5.06. The summed E-state index contributed by atoms with van der Waals surface area (Å²) in [7, 11) is 0. The Morgan fingerprint density at radius 2 is 1.63 bits per heavy atom. The number of aryl methyl sites for hydroxylation is 3. The normalized spacial score (nSPS) is 10.5. The SMILES string of the molecule is Cc1cc(C)c(C(=O)c2ccc(Cl)cc2N)c(C)c1. The lowest BCUT2D eigenvalue weighted by Gasteiger charge is -2.12. The maximum absolute atomic E-state index is 12.6. The van der Waals surface area contributed by atoms with E-state index >= 15 is 0 Å². The highest BCUT2D eigenvalue weighted by molar-refractivity contribution is 6.31. The number of nitrogen functional groups attached to an aromatic ring is 1. The van der Waals surface area contributed by atoms with Crippen LogP contribution in [-0.4, -0.2) is 5.78 Å². The van der Waals surface area contributed by atoms with Crippen LogP contribution >= 0.6 is 11.6 Å². The standard InChI is InChI=1S/C16H16ClNO/c1-9-6-10(2)15(11(3)7-9)16(19)13-5-4-12(17)8-14(13)18/h4-8H,18H2,1-3H3. The number of carbonyl (C=O) groups is 1. The van der Waals surface area contributed by atoms with E-state index in [4.69, 9.17) is 17.3 Å². The zero-order valence-corrected chi connectivity index (χ0v) is 12.0. The van der Waals surface area contributed by atoms with Gasteiger partial charge in [0.1, 0.15) is 0 Å². The Hall–Kier alpha value is -1.80. The molecule has 0 spiro atoms. The fourth-order valence-electron chi connectivity index (χ4n) is 2.41. The van der Waals surface area contributed by atoms with E-state index in [9.17, 15) is 4.79 Å². The smallest absolute Gasteiger partial charge is 0.195 e. The molecule has 0 atom stereocenters. The average Bonchev–Trinajstić information content (AvgIpc) is 2.26. The maximum Gasteiger partial charge on any atom is 0.195 e. The summed E-state index contributed by atoms with van der Waals surface area (Å²) in [5.74, 6) is -0.0517. The van der Waals surface area contributed by atoms with Crippen molar-refractivity contribution in [1.82, 2.24) is 0 Å². The van der Waals surface area contributed by atoms with Crippen molar-refractivity contribution in [3.63, 3.8) is 0 Å². The molecule has 2 nitrogen and oxygen atoms in total. The van der Waals surface area contributed by atoms with Crippen molar-refractivity contribution in [2.45, 2.75) is 20.8 Å². The number of halogens is 1. The Morgan fingerprint density at radius 3 is 2.16 bits per heavy atom. The van der Waals surface area contributed by atoms with Gasteiger partial charge in [0.2, 0.25) is 0 Å². The predicted molar refractivity (Wildman–Crippen MR) is 79.9 cm³/mol. The minimum absolute atomic E-state index is 0.0517. The van der Waals surface area contributed by atoms with Gasteiger partial charge >= 0.3 is 0 Å². The molecular weight excluding hydrogens is 258 g/mol. The molecule has 0 amide bonds. The van der Waals surface area contributed by atoms with Crippen molar-refractivity contribution in [3.05, 3.63) is 63.2 Å². The number of hydrogen-bond acceptors (Lipinski definition) is 2. The number of hydrogen-bond donors (Lipinski definition) is 1. The van der Waals surface area contributed by atoms with Crippen LogP contribution < -0.4 is 5.73 Å². The van der Waals surface area contributed by atoms with Gasteiger partial charge in [0.25, 0.3) is 0 Å². The van der Waals surface area contributed by atoms with Crippen LogP contribution in [0.5, 0.6) is 0 Å². The Morgan fingerprint density at radius 1 is 1.05 bits per heavy atom. The summed E-state index contributed by atoms with van der Waals surface area (Å²) in [5.41, 5.74) is 10.6. The Labute approximate surface area is 118 Å². The summed E-state index contributed by atoms with van der Waals surface area (Å²) in [6.45, 7) is 5.91. The molecule has 0 aliphatic heterocycles. The van der Waals surface area contributed by atoms with Gasteiger partial charge in [-0.25, -0.2) is 0 Å². The first-order chi connectivity index (χ1) is 8.90. The minimum Gasteiger partial charge on any atom is -0.398 e. The third kappa shape index (κ3) is 2.64. The predicted octanol–water partition coefficient (Wildman–Crippen LogP) is 4.08. The first-order valence-corrected chi connectivity index (χ1v) is 6.45. The highest BCUT2D eigenvalue weighted by atomic mass is 35.5. The van der Waals surface area contributed by atoms with Crippen molar-refractivity contribution < 1.29 is 4.79 Å². The van der Waals surface area contributed by atoms with E-state index in [1.54, 1.807) is 18.2 Å². The van der Waals surface area contributed by atoms with Crippen molar-refractivity contribution in [2.24, 2.45) is 0 Å². The fourth-order valence-corrected chi connectivity index (χ4v) is 2.59. The van der Waals surface area contributed by atoms with E-state index in [2.05, 4.69) is 0 Å². The Balaban J connectivity index is 2.56. The van der Waals surface area contributed by atoms with Gasteiger partial charge in [0.15, 0.2) is 5.78 Å². The molecule has 98 valence electrons. The van der Waals surface area contributed by atoms with E-state index < -0.39 is 0 Å². The molecule has 19 heavy (non-hydrogen) atoms. The van der Waals surface area contributed by atoms with Crippen LogP contribution in [0.2, 0.25) is 5.02 Å². The third-order valence-corrected chi connectivity index (χ3v) is 3.40. The number of carbonyl (C=O) groups excluding carboxylic acids is 1. The topological polar surface area (TPSA) is 43.1 Å². The molecule has 3 heteroatoms. The third-order valence-electron chi connectivity index (χ3n) is 3.16. The van der Waals surface area contributed by atoms with Crippen LogP contribution in [0.1, 0.15) is 32.6 Å². The van der Waals surface area contributed by atoms with E-state index in [-0.39, 0.29) is 5.78 Å². The van der Waals surface area contributed by atoms with E-state index in [0.29, 0.717) is 16.3 Å². The van der Waals surface area contributed by atoms with Gasteiger partial charge in [-0.3, -0.25) is 4.79 Å². The number of rotatable bonds is 2. The van der Waals surface area contributed by atoms with Crippen LogP contribution in [0.25, 0.3) is 0 Å². The lowest BCUT2D eigenvalue weighted by molar-refractivity contribution is 0.103. The Kier molecular flexibility index (Phi) is 3.63. The molecule has 2 N–H and O–H groups in total. The molecule has 0 unspecified atom stereocenters. The van der Waals surface area contributed by atoms with E-state index in [1.807, 2.05) is 32.9 Å². The minimum atomic E-state index is -0.0517. The van der Waals surface area contributed by atoms with Crippen molar-refractivity contribution in [1.29, 1.82) is 0 Å². The molecular formula is C16H16ClNO. The second-order valence-corrected chi connectivity index (χ2v) is 5.27. The van der Waals surface area contributed by atoms with Crippen LogP contribution in [0.4, 0.5) is 5.69 Å². The van der Waals surface area contributed by atoms with Gasteiger partial charge in [-0.2, -0.15) is 0 Å². The molecule has 0 aliphatic rings. The molecule has 0 radical (unpaired) electrons. The molecule has 0 fully saturated rings. The molecule has 0 aliphatic carbocycles. The summed E-state index contributed by atoms with van der Waals surface area (Å²) in [4.78, 5) is 12.6. The zero-order valence-electron chi connectivity index (χ0n) is 11.3. The van der Waals surface area contributed by atoms with Gasteiger partial charge < -0.3 is 5.73 Å². The fraction of sp³-hybridized carbons (Fsp3) is 0.188. The van der Waals surface area contributed by atoms with Crippen molar-refractivity contribution >= 4 is 23.1 Å². The summed E-state index contributed by atoms with van der Waals surface area (Å²) < 4.78 is 0. The monoisotopic (exact) mass is 273 g/mol. The molecule has 0 bridgehead atoms. The highest BCUT2D eigenvalue weighted by Crippen LogP contribution is 2.25. The van der Waals surface area contributed by atoms with Crippen molar-refractivity contribution in [2.75, 3.05) is 5.73 Å². The lowest BCUT2D eigenvalue weighted by Crippen LogP contribution is -2.09. The largest absolute Gasteiger partial charge is 0.398 e. The van der Waals surface area contributed by atoms with E-state index in [0.717, 1.165) is 22.3 Å². The molecule has 2 rings (SSSR count). The first-order valence-electron chi connectivity index (χ1n) is 6.07. The Bertz CT molecular complexity index is 639. The van der Waals surface area contributed by atoms with Gasteiger partial charge in [0.05, 0.1) is 0 Å². The molecule has 0 heterocycles. The number of ketones is 1. The molecule has 0 saturated heterocycles. The van der Waals surface area contributed by atoms with Gasteiger partial charge in [0, 0.05) is 21.8 Å². The number of nitrogens with two attached hydrogens (primary N) is 1. The second-order valence-electron chi connectivity index (χ2n) is 4.83. The van der Waals surface area contributed by atoms with Crippen LogP contribution in [0.15, 0.2) is 30.3 Å². The number of anilines is 1. The molecule has 2 aromatic rings. The summed E-state index contributed by atoms with van der Waals surface area (Å²) in [6, 6.07) is 8.98. The highest BCUT2D eigenvalue weighted by Gasteiger charge is 2.17. The van der Waals surface area contributed by atoms with Crippen molar-refractivity contribution in [3.8, 4) is 0 Å². The van der Waals surface area contributed by atoms with Gasteiger partial charge in [-0.1, -0.05) is 29.3 Å². The lowest BCUT2D eigenvalue weighted by atomic mass is 9.92. The summed E-state index contributed by atoms with van der Waals surface area (Å²) >= 11 is 5.86. The quantitative estimate of drug-likeness (QED) is 0.662. The van der Waals surface area contributed by atoms with Gasteiger partial charge in [-0.15, -0.1) is 0 Å². The maximum atomic E-state index is 12.6. The zero-order chi connectivity index (χ0) is 14.2.